The summed E-state index contributed by atoms with van der Waals surface area (Å²) >= 11 is 1.37. The molecule has 0 spiro atoms. The first-order valence-corrected chi connectivity index (χ1v) is 6.20. The van der Waals surface area contributed by atoms with E-state index in [-0.39, 0.29) is 11.7 Å². The maximum Gasteiger partial charge on any atom is 0.316 e. The van der Waals surface area contributed by atoms with Crippen molar-refractivity contribution in [3.63, 3.8) is 0 Å². The second-order valence-electron chi connectivity index (χ2n) is 3.28. The molecule has 0 aromatic carbocycles. The Morgan fingerprint density at radius 1 is 1.62 bits per heavy atom. The van der Waals surface area contributed by atoms with Gasteiger partial charge in [-0.2, -0.15) is 0 Å². The van der Waals surface area contributed by atoms with E-state index >= 15 is 0 Å². The molecule has 0 aliphatic rings. The molecule has 0 saturated heterocycles. The Hall–Kier alpha value is -1.23. The number of nitrogens with two attached hydrogens (primary N) is 1. The molecular formula is C11H16N2O2S. The second-order valence-corrected chi connectivity index (χ2v) is 4.29. The van der Waals surface area contributed by atoms with Crippen LogP contribution in [0.2, 0.25) is 0 Å². The zero-order valence-corrected chi connectivity index (χ0v) is 10.1. The van der Waals surface area contributed by atoms with Gasteiger partial charge in [-0.25, -0.2) is 0 Å². The molecule has 0 bridgehead atoms. The van der Waals surface area contributed by atoms with Crippen LogP contribution < -0.4 is 5.73 Å². The van der Waals surface area contributed by atoms with E-state index in [4.69, 9.17) is 10.5 Å². The summed E-state index contributed by atoms with van der Waals surface area (Å²) < 4.78 is 5.03. The van der Waals surface area contributed by atoms with Gasteiger partial charge in [0.1, 0.15) is 0 Å². The Morgan fingerprint density at radius 2 is 2.44 bits per heavy atom. The van der Waals surface area contributed by atoms with E-state index in [1.54, 1.807) is 18.5 Å². The molecule has 1 rings (SSSR count). The Morgan fingerprint density at radius 3 is 3.12 bits per heavy atom. The lowest BCUT2D eigenvalue weighted by molar-refractivity contribution is -0.140. The molecule has 0 aliphatic heterocycles. The molecule has 0 unspecified atom stereocenters. The number of aromatic nitrogens is 1. The van der Waals surface area contributed by atoms with Crippen molar-refractivity contribution >= 4 is 23.4 Å². The summed E-state index contributed by atoms with van der Waals surface area (Å²) in [5.41, 5.74) is 6.28. The van der Waals surface area contributed by atoms with Crippen LogP contribution in [0.1, 0.15) is 19.8 Å². The van der Waals surface area contributed by atoms with E-state index in [1.165, 1.54) is 11.8 Å². The standard InChI is InChI=1S/C11H16N2O2S/c1-2-3-6-15-11(14)8-16-10-4-5-13-7-9(10)12/h4-5,7H,2-3,6,8,12H2,1H3. The number of nitrogen functional groups attached to an aromatic ring is 1. The van der Waals surface area contributed by atoms with E-state index in [1.807, 2.05) is 0 Å². The molecule has 2 N–H and O–H groups in total. The van der Waals surface area contributed by atoms with Gasteiger partial charge in [0.15, 0.2) is 0 Å². The number of hydrogen-bond donors (Lipinski definition) is 1. The van der Waals surface area contributed by atoms with Crippen LogP contribution in [-0.2, 0) is 9.53 Å². The maximum atomic E-state index is 11.3. The van der Waals surface area contributed by atoms with Crippen molar-refractivity contribution in [2.75, 3.05) is 18.1 Å². The highest BCUT2D eigenvalue weighted by Crippen LogP contribution is 2.23. The summed E-state index contributed by atoms with van der Waals surface area (Å²) in [4.78, 5) is 16.0. The summed E-state index contributed by atoms with van der Waals surface area (Å²) in [6, 6.07) is 1.79. The molecule has 1 aromatic heterocycles. The first-order chi connectivity index (χ1) is 7.74. The number of nitrogens with zero attached hydrogens (tertiary/aromatic N) is 1. The van der Waals surface area contributed by atoms with Crippen LogP contribution in [0.5, 0.6) is 0 Å². The number of hydrogen-bond acceptors (Lipinski definition) is 5. The third kappa shape index (κ3) is 4.53. The molecule has 5 heteroatoms. The van der Waals surface area contributed by atoms with Gasteiger partial charge in [0.25, 0.3) is 0 Å². The van der Waals surface area contributed by atoms with Crippen LogP contribution in [-0.4, -0.2) is 23.3 Å². The van der Waals surface area contributed by atoms with Crippen molar-refractivity contribution in [1.29, 1.82) is 0 Å². The number of carbonyl (C=O) groups is 1. The Balaban J connectivity index is 2.29. The lowest BCUT2D eigenvalue weighted by Gasteiger charge is -2.05. The van der Waals surface area contributed by atoms with Crippen molar-refractivity contribution in [1.82, 2.24) is 4.98 Å². The smallest absolute Gasteiger partial charge is 0.316 e. The molecule has 4 nitrogen and oxygen atoms in total. The van der Waals surface area contributed by atoms with Crippen molar-refractivity contribution in [3.8, 4) is 0 Å². The minimum atomic E-state index is -0.199. The quantitative estimate of drug-likeness (QED) is 0.468. The predicted molar refractivity (Wildman–Crippen MR) is 65.2 cm³/mol. The molecule has 0 saturated carbocycles. The molecular weight excluding hydrogens is 224 g/mol. The number of rotatable bonds is 6. The van der Waals surface area contributed by atoms with E-state index in [2.05, 4.69) is 11.9 Å². The van der Waals surface area contributed by atoms with Crippen molar-refractivity contribution in [2.24, 2.45) is 0 Å². The van der Waals surface area contributed by atoms with Gasteiger partial charge in [-0.05, 0) is 12.5 Å². The molecule has 88 valence electrons. The van der Waals surface area contributed by atoms with Crippen LogP contribution in [0.4, 0.5) is 5.69 Å². The third-order valence-electron chi connectivity index (χ3n) is 1.92. The number of carbonyl (C=O) groups excluding carboxylic acids is 1. The van der Waals surface area contributed by atoms with Crippen LogP contribution in [0, 0.1) is 0 Å². The largest absolute Gasteiger partial charge is 0.465 e. The van der Waals surface area contributed by atoms with Crippen molar-refractivity contribution in [3.05, 3.63) is 18.5 Å². The van der Waals surface area contributed by atoms with Crippen LogP contribution in [0.25, 0.3) is 0 Å². The zero-order valence-electron chi connectivity index (χ0n) is 9.31. The van der Waals surface area contributed by atoms with Crippen molar-refractivity contribution < 1.29 is 9.53 Å². The van der Waals surface area contributed by atoms with Crippen LogP contribution in [0.15, 0.2) is 23.4 Å². The topological polar surface area (TPSA) is 65.2 Å². The van der Waals surface area contributed by atoms with E-state index < -0.39 is 0 Å². The number of pyridine rings is 1. The molecule has 0 aliphatic carbocycles. The number of anilines is 1. The summed E-state index contributed by atoms with van der Waals surface area (Å²) in [6.45, 7) is 2.56. The molecule has 0 atom stereocenters. The zero-order chi connectivity index (χ0) is 11.8. The molecule has 0 amide bonds. The molecule has 0 radical (unpaired) electrons. The van der Waals surface area contributed by atoms with Gasteiger partial charge in [-0.1, -0.05) is 13.3 Å². The third-order valence-corrected chi connectivity index (χ3v) is 2.98. The van der Waals surface area contributed by atoms with Gasteiger partial charge in [0.05, 0.1) is 24.2 Å². The van der Waals surface area contributed by atoms with Gasteiger partial charge < -0.3 is 10.5 Å². The van der Waals surface area contributed by atoms with Crippen molar-refractivity contribution in [2.45, 2.75) is 24.7 Å². The summed E-state index contributed by atoms with van der Waals surface area (Å²) in [5, 5.41) is 0. The first kappa shape index (κ1) is 12.8. The molecule has 1 aromatic rings. The molecule has 1 heterocycles. The summed E-state index contributed by atoms with van der Waals surface area (Å²) in [6.07, 6.45) is 5.16. The average molecular weight is 240 g/mol. The number of esters is 1. The monoisotopic (exact) mass is 240 g/mol. The van der Waals surface area contributed by atoms with E-state index in [0.29, 0.717) is 12.3 Å². The highest BCUT2D eigenvalue weighted by Gasteiger charge is 2.05. The molecule has 16 heavy (non-hydrogen) atoms. The summed E-state index contributed by atoms with van der Waals surface area (Å²) in [7, 11) is 0. The first-order valence-electron chi connectivity index (χ1n) is 5.22. The fourth-order valence-electron chi connectivity index (χ4n) is 1.03. The minimum Gasteiger partial charge on any atom is -0.465 e. The maximum absolute atomic E-state index is 11.3. The fraction of sp³-hybridized carbons (Fsp3) is 0.455. The highest BCUT2D eigenvalue weighted by molar-refractivity contribution is 8.00. The Bertz CT molecular complexity index is 345. The predicted octanol–water partition coefficient (Wildman–Crippen LogP) is 2.10. The molecule has 0 fully saturated rings. The lowest BCUT2D eigenvalue weighted by atomic mass is 10.4. The van der Waals surface area contributed by atoms with E-state index in [0.717, 1.165) is 17.7 Å². The number of thioether (sulfide) groups is 1. The SMILES string of the molecule is CCCCOC(=O)CSc1ccncc1N. The number of unbranched alkanes of at least 4 members (excludes halogenated alkanes) is 1. The second kappa shape index (κ2) is 7.11. The van der Waals surface area contributed by atoms with Gasteiger partial charge in [-0.15, -0.1) is 11.8 Å². The summed E-state index contributed by atoms with van der Waals surface area (Å²) in [5.74, 6) is 0.0902. The van der Waals surface area contributed by atoms with Gasteiger partial charge >= 0.3 is 5.97 Å². The minimum absolute atomic E-state index is 0.199. The lowest BCUT2D eigenvalue weighted by Crippen LogP contribution is -2.08. The Kier molecular flexibility index (Phi) is 5.71. The number of ether oxygens (including phenoxy) is 1. The fourth-order valence-corrected chi connectivity index (χ4v) is 1.77. The highest BCUT2D eigenvalue weighted by atomic mass is 32.2. The van der Waals surface area contributed by atoms with Gasteiger partial charge in [-0.3, -0.25) is 9.78 Å². The van der Waals surface area contributed by atoms with Crippen LogP contribution >= 0.6 is 11.8 Å². The van der Waals surface area contributed by atoms with Crippen LogP contribution in [0.3, 0.4) is 0 Å². The normalized spacial score (nSPS) is 10.1. The van der Waals surface area contributed by atoms with Gasteiger partial charge in [0.2, 0.25) is 0 Å². The van der Waals surface area contributed by atoms with Gasteiger partial charge in [0, 0.05) is 11.1 Å². The van der Waals surface area contributed by atoms with E-state index in [9.17, 15) is 4.79 Å². The Labute approximate surface area is 99.6 Å². The average Bonchev–Trinajstić information content (AvgIpc) is 2.28.